The fourth-order valence-electron chi connectivity index (χ4n) is 4.22. The molecule has 0 aromatic heterocycles. The Balaban J connectivity index is 0. The van der Waals surface area contributed by atoms with Crippen LogP contribution in [0.5, 0.6) is 0 Å². The summed E-state index contributed by atoms with van der Waals surface area (Å²) in [6.07, 6.45) is 20.5. The van der Waals surface area contributed by atoms with Gasteiger partial charge in [0.2, 0.25) is 0 Å². The van der Waals surface area contributed by atoms with Crippen molar-refractivity contribution in [3.05, 3.63) is 96.8 Å². The Kier molecular flexibility index (Phi) is 19.2. The molecule has 2 aromatic rings. The molecule has 1 saturated carbocycles. The Morgan fingerprint density at radius 1 is 0.838 bits per heavy atom. The molecule has 2 aromatic carbocycles. The Hall–Kier alpha value is -0.747. The molecule has 0 nitrogen and oxygen atoms in total. The van der Waals surface area contributed by atoms with Crippen LogP contribution in [0.15, 0.2) is 48.6 Å². The van der Waals surface area contributed by atoms with E-state index in [1.54, 1.807) is 0 Å². The molecule has 0 spiro atoms. The van der Waals surface area contributed by atoms with Crippen molar-refractivity contribution in [2.24, 2.45) is 0 Å². The van der Waals surface area contributed by atoms with Crippen molar-refractivity contribution in [1.82, 2.24) is 0 Å². The SMILES string of the molecule is CC(C)(C)c1c[c-]c2c(c1)-c1cc(C(C)(C)C)ccc1C2.Cl.Cl.[C-]1=CC=CC1.[CH-]1CCCCC1.[CH2]=[Zr].[CH3-]. The van der Waals surface area contributed by atoms with Crippen molar-refractivity contribution in [3.8, 4) is 11.1 Å². The number of halogens is 2. The summed E-state index contributed by atoms with van der Waals surface area (Å²) in [4.78, 5) is 0. The molecule has 5 rings (SSSR count). The van der Waals surface area contributed by atoms with Gasteiger partial charge in [-0.15, -0.1) is 36.8 Å². The third-order valence-corrected chi connectivity index (χ3v) is 6.43. The molecule has 3 heteroatoms. The van der Waals surface area contributed by atoms with E-state index in [0.29, 0.717) is 0 Å². The second-order valence-electron chi connectivity index (χ2n) is 11.3. The monoisotopic (exact) mass is 616 g/mol. The van der Waals surface area contributed by atoms with Crippen molar-refractivity contribution in [1.29, 1.82) is 0 Å². The van der Waals surface area contributed by atoms with E-state index in [0.717, 1.165) is 12.8 Å². The molecule has 0 unspecified atom stereocenters. The number of hydrogen-bond acceptors (Lipinski definition) is 0. The zero-order valence-corrected chi connectivity index (χ0v) is 28.3. The van der Waals surface area contributed by atoms with E-state index >= 15 is 0 Å². The molecule has 0 radical (unpaired) electrons. The average Bonchev–Trinajstić information content (AvgIpc) is 3.52. The summed E-state index contributed by atoms with van der Waals surface area (Å²) in [6, 6.07) is 15.1. The smallest absolute Gasteiger partial charge is 0.358 e. The molecule has 0 aliphatic heterocycles. The zero-order chi connectivity index (χ0) is 25.2. The van der Waals surface area contributed by atoms with E-state index in [-0.39, 0.29) is 43.1 Å². The first-order valence-electron chi connectivity index (χ1n) is 12.7. The predicted molar refractivity (Wildman–Crippen MR) is 168 cm³/mol. The number of rotatable bonds is 0. The van der Waals surface area contributed by atoms with Crippen LogP contribution < -0.4 is 0 Å². The van der Waals surface area contributed by atoms with E-state index in [9.17, 15) is 0 Å². The standard InChI is InChI=1S/C21H25.C6H11.C5H5.CH3.CH2.2ClH.Zr/c1-20(2,3)16-9-7-14-11-15-8-10-17(21(4,5)6)13-19(15)18(14)12-16;1-2-4-6-5-3-1;1-2-4-5-3-1;;;;;/h7,9-10,12-13H,11H2,1-6H3;1H,2-6H2;1-3H,4H2;1H3;1H2;2*1H;/q4*-1;;;;. The van der Waals surface area contributed by atoms with Crippen molar-refractivity contribution >= 4 is 29.0 Å². The van der Waals surface area contributed by atoms with Crippen LogP contribution in [-0.4, -0.2) is 4.21 Å². The van der Waals surface area contributed by atoms with Crippen LogP contribution in [-0.2, 0) is 41.5 Å². The van der Waals surface area contributed by atoms with Gasteiger partial charge in [0, 0.05) is 0 Å². The van der Waals surface area contributed by atoms with Gasteiger partial charge in [0.25, 0.3) is 0 Å². The van der Waals surface area contributed by atoms with Crippen LogP contribution in [0.2, 0.25) is 0 Å². The summed E-state index contributed by atoms with van der Waals surface area (Å²) in [5, 5.41) is 0. The number of hydrogen-bond donors (Lipinski definition) is 0. The molecule has 0 heterocycles. The van der Waals surface area contributed by atoms with Crippen LogP contribution in [0.25, 0.3) is 11.1 Å². The first-order chi connectivity index (χ1) is 16.2. The van der Waals surface area contributed by atoms with Crippen molar-refractivity contribution in [2.45, 2.75) is 97.3 Å². The van der Waals surface area contributed by atoms with Gasteiger partial charge < -0.3 is 13.8 Å². The summed E-state index contributed by atoms with van der Waals surface area (Å²) in [6.45, 7) is 13.6. The summed E-state index contributed by atoms with van der Waals surface area (Å²) < 4.78 is 3.34. The molecule has 1 fully saturated rings. The molecule has 0 saturated heterocycles. The topological polar surface area (TPSA) is 0 Å². The molecule has 0 bridgehead atoms. The van der Waals surface area contributed by atoms with E-state index in [2.05, 4.69) is 101 Å². The van der Waals surface area contributed by atoms with Crippen LogP contribution in [0.1, 0.15) is 102 Å². The summed E-state index contributed by atoms with van der Waals surface area (Å²) in [7, 11) is 0. The molecule has 0 amide bonds. The van der Waals surface area contributed by atoms with Crippen LogP contribution in [0.3, 0.4) is 0 Å². The minimum absolute atomic E-state index is 0. The van der Waals surface area contributed by atoms with Crippen molar-refractivity contribution in [2.75, 3.05) is 0 Å². The molecule has 206 valence electrons. The van der Waals surface area contributed by atoms with Gasteiger partial charge >= 0.3 is 28.4 Å². The van der Waals surface area contributed by atoms with E-state index in [1.807, 2.05) is 12.2 Å². The third-order valence-electron chi connectivity index (χ3n) is 6.43. The van der Waals surface area contributed by atoms with Crippen molar-refractivity contribution in [3.63, 3.8) is 0 Å². The Morgan fingerprint density at radius 3 is 1.84 bits per heavy atom. The predicted octanol–water partition coefficient (Wildman–Crippen LogP) is 10.4. The minimum atomic E-state index is 0. The van der Waals surface area contributed by atoms with Crippen molar-refractivity contribution < 1.29 is 24.2 Å². The molecular formula is C34H48Cl2Zr-4. The third kappa shape index (κ3) is 12.3. The normalized spacial score (nSPS) is 14.3. The molecule has 0 N–H and O–H groups in total. The summed E-state index contributed by atoms with van der Waals surface area (Å²) in [5.41, 5.74) is 8.76. The minimum Gasteiger partial charge on any atom is -0.358 e. The van der Waals surface area contributed by atoms with Gasteiger partial charge in [0.15, 0.2) is 0 Å². The first kappa shape index (κ1) is 38.4. The second-order valence-corrected chi connectivity index (χ2v) is 11.3. The average molecular weight is 619 g/mol. The second kappa shape index (κ2) is 18.5. The van der Waals surface area contributed by atoms with Gasteiger partial charge in [0.05, 0.1) is 0 Å². The van der Waals surface area contributed by atoms with Crippen LogP contribution in [0.4, 0.5) is 0 Å². The Bertz CT molecular complexity index is 887. The molecule has 37 heavy (non-hydrogen) atoms. The maximum atomic E-state index is 3.53. The van der Waals surface area contributed by atoms with E-state index in [1.165, 1.54) is 89.7 Å². The van der Waals surface area contributed by atoms with Crippen LogP contribution in [0, 0.1) is 26.0 Å². The van der Waals surface area contributed by atoms with Gasteiger partial charge in [-0.25, -0.2) is 12.2 Å². The van der Waals surface area contributed by atoms with Gasteiger partial charge in [-0.1, -0.05) is 95.5 Å². The quantitative estimate of drug-likeness (QED) is 0.220. The number of fused-ring (bicyclic) bond motifs is 3. The van der Waals surface area contributed by atoms with Gasteiger partial charge in [-0.05, 0) is 17.4 Å². The number of benzene rings is 2. The van der Waals surface area contributed by atoms with E-state index in [4.69, 9.17) is 0 Å². The summed E-state index contributed by atoms with van der Waals surface area (Å²) >= 11 is 1.30. The van der Waals surface area contributed by atoms with Crippen LogP contribution >= 0.6 is 24.8 Å². The Labute approximate surface area is 257 Å². The summed E-state index contributed by atoms with van der Waals surface area (Å²) in [5.74, 6) is 0. The Morgan fingerprint density at radius 2 is 1.43 bits per heavy atom. The molecular weight excluding hydrogens is 571 g/mol. The first-order valence-corrected chi connectivity index (χ1v) is 14.5. The van der Waals surface area contributed by atoms with Gasteiger partial charge in [-0.3, -0.25) is 6.08 Å². The fourth-order valence-corrected chi connectivity index (χ4v) is 4.22. The zero-order valence-electron chi connectivity index (χ0n) is 24.2. The van der Waals surface area contributed by atoms with Gasteiger partial charge in [0.1, 0.15) is 0 Å². The number of allylic oxidation sites excluding steroid dienone is 4. The van der Waals surface area contributed by atoms with Gasteiger partial charge in [-0.2, -0.15) is 48.2 Å². The molecule has 3 aliphatic carbocycles. The maximum Gasteiger partial charge on any atom is -0.358 e. The molecule has 3 aliphatic rings. The van der Waals surface area contributed by atoms with E-state index < -0.39 is 0 Å². The fraction of sp³-hybridized carbons (Fsp3) is 0.441. The molecule has 0 atom stereocenters. The largest absolute Gasteiger partial charge is 0.358 e. The maximum absolute atomic E-state index is 3.53.